The number of aromatic nitrogens is 2. The minimum atomic E-state index is -0.143. The maximum Gasteiger partial charge on any atom is 0.266 e. The van der Waals surface area contributed by atoms with Crippen LogP contribution in [0.2, 0.25) is 0 Å². The van der Waals surface area contributed by atoms with Crippen molar-refractivity contribution < 1.29 is 14.3 Å². The zero-order valence-electron chi connectivity index (χ0n) is 21.5. The molecule has 0 saturated heterocycles. The smallest absolute Gasteiger partial charge is 0.266 e. The number of benzene rings is 3. The van der Waals surface area contributed by atoms with Crippen molar-refractivity contribution in [1.82, 2.24) is 14.9 Å². The Labute approximate surface area is 220 Å². The average molecular weight is 518 g/mol. The van der Waals surface area contributed by atoms with Crippen LogP contribution in [-0.4, -0.2) is 42.0 Å². The molecule has 1 amide bonds. The van der Waals surface area contributed by atoms with Gasteiger partial charge in [-0.2, -0.15) is 0 Å². The standard InChI is InChI=1S/C29H31N3O4S/c1-19(2)21-9-6-8-12-24(21)32-28(34)22-10-5-7-11-23(22)31-29(32)37-18-27(33)30-16-15-20-13-14-25(35-3)26(17-20)36-4/h5-14,17,19H,15-16,18H2,1-4H3,(H,30,33). The number of para-hydroxylation sites is 2. The molecule has 8 heteroatoms. The summed E-state index contributed by atoms with van der Waals surface area (Å²) in [6.07, 6.45) is 0.650. The quantitative estimate of drug-likeness (QED) is 0.236. The number of hydrogen-bond acceptors (Lipinski definition) is 6. The van der Waals surface area contributed by atoms with Crippen molar-refractivity contribution in [3.8, 4) is 17.2 Å². The topological polar surface area (TPSA) is 82.5 Å². The summed E-state index contributed by atoms with van der Waals surface area (Å²) in [6, 6.07) is 20.9. The van der Waals surface area contributed by atoms with Crippen LogP contribution in [0.4, 0.5) is 0 Å². The maximum atomic E-state index is 13.6. The lowest BCUT2D eigenvalue weighted by atomic mass is 10.0. The van der Waals surface area contributed by atoms with E-state index in [-0.39, 0.29) is 23.1 Å². The van der Waals surface area contributed by atoms with Gasteiger partial charge in [0.2, 0.25) is 5.91 Å². The van der Waals surface area contributed by atoms with Crippen molar-refractivity contribution in [2.75, 3.05) is 26.5 Å². The first-order chi connectivity index (χ1) is 17.9. The number of amides is 1. The first-order valence-corrected chi connectivity index (χ1v) is 13.1. The average Bonchev–Trinajstić information content (AvgIpc) is 2.92. The normalized spacial score (nSPS) is 11.1. The van der Waals surface area contributed by atoms with Gasteiger partial charge in [-0.3, -0.25) is 14.2 Å². The number of nitrogens with one attached hydrogen (secondary N) is 1. The van der Waals surface area contributed by atoms with Gasteiger partial charge in [-0.25, -0.2) is 4.98 Å². The van der Waals surface area contributed by atoms with E-state index in [9.17, 15) is 9.59 Å². The van der Waals surface area contributed by atoms with Crippen LogP contribution < -0.4 is 20.3 Å². The van der Waals surface area contributed by atoms with E-state index in [0.29, 0.717) is 40.5 Å². The number of methoxy groups -OCH3 is 2. The molecule has 0 radical (unpaired) electrons. The Morgan fingerprint density at radius 2 is 1.73 bits per heavy atom. The molecule has 0 spiro atoms. The van der Waals surface area contributed by atoms with E-state index in [0.717, 1.165) is 16.8 Å². The Morgan fingerprint density at radius 1 is 1.00 bits per heavy atom. The summed E-state index contributed by atoms with van der Waals surface area (Å²) < 4.78 is 12.3. The molecule has 7 nitrogen and oxygen atoms in total. The molecule has 0 bridgehead atoms. The number of thioether (sulfide) groups is 1. The minimum Gasteiger partial charge on any atom is -0.493 e. The summed E-state index contributed by atoms with van der Waals surface area (Å²) >= 11 is 1.26. The van der Waals surface area contributed by atoms with E-state index in [4.69, 9.17) is 14.5 Å². The lowest BCUT2D eigenvalue weighted by Crippen LogP contribution is -2.28. The molecular formula is C29H31N3O4S. The molecule has 1 heterocycles. The third-order valence-corrected chi connectivity index (χ3v) is 7.00. The van der Waals surface area contributed by atoms with Crippen LogP contribution in [0, 0.1) is 0 Å². The van der Waals surface area contributed by atoms with E-state index in [1.807, 2.05) is 60.7 Å². The van der Waals surface area contributed by atoms with Crippen molar-refractivity contribution in [3.63, 3.8) is 0 Å². The molecule has 37 heavy (non-hydrogen) atoms. The molecule has 1 aromatic heterocycles. The van der Waals surface area contributed by atoms with E-state index in [1.54, 1.807) is 24.9 Å². The summed E-state index contributed by atoms with van der Waals surface area (Å²) in [7, 11) is 3.20. The number of fused-ring (bicyclic) bond motifs is 1. The Hall–Kier alpha value is -3.78. The monoisotopic (exact) mass is 517 g/mol. The molecule has 192 valence electrons. The molecule has 1 N–H and O–H groups in total. The van der Waals surface area contributed by atoms with Gasteiger partial charge in [0.25, 0.3) is 5.56 Å². The number of rotatable bonds is 10. The Kier molecular flexibility index (Phi) is 8.50. The Morgan fingerprint density at radius 3 is 2.49 bits per heavy atom. The number of carbonyl (C=O) groups is 1. The number of carbonyl (C=O) groups excluding carboxylic acids is 1. The van der Waals surface area contributed by atoms with Crippen LogP contribution >= 0.6 is 11.8 Å². The van der Waals surface area contributed by atoms with Gasteiger partial charge in [0, 0.05) is 6.54 Å². The largest absolute Gasteiger partial charge is 0.493 e. The molecule has 3 aromatic carbocycles. The molecule has 0 fully saturated rings. The maximum absolute atomic E-state index is 13.6. The first-order valence-electron chi connectivity index (χ1n) is 12.1. The van der Waals surface area contributed by atoms with Crippen molar-refractivity contribution in [3.05, 3.63) is 88.2 Å². The molecule has 0 aliphatic heterocycles. The molecule has 4 rings (SSSR count). The molecular weight excluding hydrogens is 486 g/mol. The Bertz CT molecular complexity index is 1470. The van der Waals surface area contributed by atoms with Gasteiger partial charge in [-0.05, 0) is 53.8 Å². The van der Waals surface area contributed by atoms with E-state index >= 15 is 0 Å². The number of ether oxygens (including phenoxy) is 2. The van der Waals surface area contributed by atoms with E-state index in [2.05, 4.69) is 19.2 Å². The summed E-state index contributed by atoms with van der Waals surface area (Å²) in [6.45, 7) is 4.66. The fourth-order valence-electron chi connectivity index (χ4n) is 4.16. The summed E-state index contributed by atoms with van der Waals surface area (Å²) in [5.41, 5.74) is 3.33. The van der Waals surface area contributed by atoms with Crippen molar-refractivity contribution in [2.24, 2.45) is 0 Å². The van der Waals surface area contributed by atoms with Crippen LogP contribution in [0.25, 0.3) is 16.6 Å². The van der Waals surface area contributed by atoms with Crippen LogP contribution in [0.3, 0.4) is 0 Å². The highest BCUT2D eigenvalue weighted by molar-refractivity contribution is 7.99. The second-order valence-corrected chi connectivity index (χ2v) is 9.79. The fourth-order valence-corrected chi connectivity index (χ4v) is 5.00. The summed E-state index contributed by atoms with van der Waals surface area (Å²) in [4.78, 5) is 31.1. The second kappa shape index (κ2) is 12.0. The number of nitrogens with zero attached hydrogens (tertiary/aromatic N) is 2. The van der Waals surface area contributed by atoms with Gasteiger partial charge in [0.15, 0.2) is 16.7 Å². The van der Waals surface area contributed by atoms with Crippen LogP contribution in [0.5, 0.6) is 11.5 Å². The van der Waals surface area contributed by atoms with Gasteiger partial charge in [-0.1, -0.05) is 62.0 Å². The zero-order chi connectivity index (χ0) is 26.4. The lowest BCUT2D eigenvalue weighted by Gasteiger charge is -2.18. The van der Waals surface area contributed by atoms with Gasteiger partial charge >= 0.3 is 0 Å². The van der Waals surface area contributed by atoms with Crippen molar-refractivity contribution in [2.45, 2.75) is 31.3 Å². The molecule has 0 atom stereocenters. The van der Waals surface area contributed by atoms with Gasteiger partial charge in [0.1, 0.15) is 0 Å². The van der Waals surface area contributed by atoms with Gasteiger partial charge in [0.05, 0.1) is 36.6 Å². The van der Waals surface area contributed by atoms with Gasteiger partial charge < -0.3 is 14.8 Å². The highest BCUT2D eigenvalue weighted by Gasteiger charge is 2.18. The number of hydrogen-bond donors (Lipinski definition) is 1. The first kappa shape index (κ1) is 26.3. The van der Waals surface area contributed by atoms with Crippen LogP contribution in [0.15, 0.2) is 76.7 Å². The van der Waals surface area contributed by atoms with Crippen molar-refractivity contribution >= 4 is 28.6 Å². The van der Waals surface area contributed by atoms with Crippen LogP contribution in [0.1, 0.15) is 30.9 Å². The summed E-state index contributed by atoms with van der Waals surface area (Å²) in [5, 5.41) is 4.00. The second-order valence-electron chi connectivity index (χ2n) is 8.84. The van der Waals surface area contributed by atoms with Crippen LogP contribution in [-0.2, 0) is 11.2 Å². The van der Waals surface area contributed by atoms with Gasteiger partial charge in [-0.15, -0.1) is 0 Å². The zero-order valence-corrected chi connectivity index (χ0v) is 22.3. The molecule has 0 saturated carbocycles. The molecule has 4 aromatic rings. The Balaban J connectivity index is 1.52. The molecule has 0 aliphatic carbocycles. The molecule has 0 unspecified atom stereocenters. The SMILES string of the molecule is COc1ccc(CCNC(=O)CSc2nc3ccccc3c(=O)n2-c2ccccc2C(C)C)cc1OC. The highest BCUT2D eigenvalue weighted by atomic mass is 32.2. The minimum absolute atomic E-state index is 0.128. The summed E-state index contributed by atoms with van der Waals surface area (Å²) in [5.74, 6) is 1.55. The lowest BCUT2D eigenvalue weighted by molar-refractivity contribution is -0.118. The van der Waals surface area contributed by atoms with E-state index in [1.165, 1.54) is 11.8 Å². The molecule has 0 aliphatic rings. The third kappa shape index (κ3) is 5.97. The van der Waals surface area contributed by atoms with Crippen molar-refractivity contribution in [1.29, 1.82) is 0 Å². The predicted octanol–water partition coefficient (Wildman–Crippen LogP) is 4.98. The van der Waals surface area contributed by atoms with E-state index < -0.39 is 0 Å². The predicted molar refractivity (Wildman–Crippen MR) is 148 cm³/mol. The third-order valence-electron chi connectivity index (χ3n) is 6.06. The fraction of sp³-hybridized carbons (Fsp3) is 0.276. The highest BCUT2D eigenvalue weighted by Crippen LogP contribution is 2.28.